The van der Waals surface area contributed by atoms with E-state index in [1.165, 1.54) is 9.25 Å². The van der Waals surface area contributed by atoms with Crippen LogP contribution in [0.4, 0.5) is 0 Å². The molecule has 156 valence electrons. The summed E-state index contributed by atoms with van der Waals surface area (Å²) < 4.78 is 19.2. The number of benzene rings is 2. The molecule has 0 fully saturated rings. The molecule has 9 heteroatoms. The Kier molecular flexibility index (Phi) is 5.42. The molecule has 1 amide bonds. The predicted octanol–water partition coefficient (Wildman–Crippen LogP) is 1.21. The smallest absolute Gasteiger partial charge is 0.345 e. The van der Waals surface area contributed by atoms with Gasteiger partial charge in [0.05, 0.1) is 13.7 Å². The molecule has 3 aromatic rings. The standard InChI is InChI=1S/C21H22N4O5/c1-24-19(14-7-9-15(28-2)10-8-14)23-25(21(24)27)12-11-22-20(26)18-13-29-16-5-3-4-6-17(16)30-18/h3-10,18H,11-13H2,1-2H3,(H,22,26). The maximum absolute atomic E-state index is 12.5. The molecule has 1 aromatic heterocycles. The van der Waals surface area contributed by atoms with Crippen LogP contribution in [0, 0.1) is 0 Å². The summed E-state index contributed by atoms with van der Waals surface area (Å²) in [5.74, 6) is 2.11. The first-order valence-electron chi connectivity index (χ1n) is 9.51. The number of hydrogen-bond donors (Lipinski definition) is 1. The van der Waals surface area contributed by atoms with Gasteiger partial charge in [0, 0.05) is 19.2 Å². The van der Waals surface area contributed by atoms with Crippen LogP contribution < -0.4 is 25.2 Å². The highest BCUT2D eigenvalue weighted by molar-refractivity contribution is 5.81. The number of ether oxygens (including phenoxy) is 3. The van der Waals surface area contributed by atoms with Crippen LogP contribution in [0.3, 0.4) is 0 Å². The fourth-order valence-electron chi connectivity index (χ4n) is 3.17. The second-order valence-electron chi connectivity index (χ2n) is 6.77. The molecule has 1 unspecified atom stereocenters. The topological polar surface area (TPSA) is 96.6 Å². The summed E-state index contributed by atoms with van der Waals surface area (Å²) >= 11 is 0. The quantitative estimate of drug-likeness (QED) is 0.656. The Hall–Kier alpha value is -3.75. The lowest BCUT2D eigenvalue weighted by Crippen LogP contribution is -2.45. The molecule has 1 atom stereocenters. The summed E-state index contributed by atoms with van der Waals surface area (Å²) in [5, 5.41) is 7.17. The first-order valence-corrected chi connectivity index (χ1v) is 9.51. The maximum Gasteiger partial charge on any atom is 0.345 e. The van der Waals surface area contributed by atoms with Crippen molar-refractivity contribution in [1.29, 1.82) is 0 Å². The average Bonchev–Trinajstić information content (AvgIpc) is 3.07. The van der Waals surface area contributed by atoms with Crippen molar-refractivity contribution >= 4 is 5.91 Å². The zero-order valence-electron chi connectivity index (χ0n) is 16.7. The second-order valence-corrected chi connectivity index (χ2v) is 6.77. The van der Waals surface area contributed by atoms with Crippen molar-refractivity contribution in [2.45, 2.75) is 12.6 Å². The number of carbonyl (C=O) groups excluding carboxylic acids is 1. The molecule has 2 heterocycles. The lowest BCUT2D eigenvalue weighted by atomic mass is 10.2. The number of hydrogen-bond acceptors (Lipinski definition) is 6. The first-order chi connectivity index (χ1) is 14.6. The van der Waals surface area contributed by atoms with Gasteiger partial charge in [-0.1, -0.05) is 12.1 Å². The Morgan fingerprint density at radius 2 is 1.93 bits per heavy atom. The maximum atomic E-state index is 12.5. The van der Waals surface area contributed by atoms with Gasteiger partial charge in [-0.3, -0.25) is 9.36 Å². The Morgan fingerprint density at radius 3 is 2.67 bits per heavy atom. The fraction of sp³-hybridized carbons (Fsp3) is 0.286. The molecule has 0 saturated heterocycles. The first kappa shape index (κ1) is 19.6. The van der Waals surface area contributed by atoms with Crippen molar-refractivity contribution in [2.24, 2.45) is 7.05 Å². The molecule has 0 saturated carbocycles. The van der Waals surface area contributed by atoms with Crippen LogP contribution >= 0.6 is 0 Å². The molecule has 0 spiro atoms. The summed E-state index contributed by atoms with van der Waals surface area (Å²) in [6.07, 6.45) is -0.741. The van der Waals surface area contributed by atoms with E-state index < -0.39 is 6.10 Å². The van der Waals surface area contributed by atoms with Crippen LogP contribution in [0.25, 0.3) is 11.4 Å². The van der Waals surface area contributed by atoms with Crippen LogP contribution in [0.15, 0.2) is 53.3 Å². The van der Waals surface area contributed by atoms with Crippen molar-refractivity contribution < 1.29 is 19.0 Å². The fourth-order valence-corrected chi connectivity index (χ4v) is 3.17. The third kappa shape index (κ3) is 3.86. The number of amides is 1. The van der Waals surface area contributed by atoms with Crippen LogP contribution in [-0.2, 0) is 18.4 Å². The van der Waals surface area contributed by atoms with E-state index in [0.717, 1.165) is 11.3 Å². The Bertz CT molecular complexity index is 1100. The monoisotopic (exact) mass is 410 g/mol. The highest BCUT2D eigenvalue weighted by atomic mass is 16.6. The third-order valence-corrected chi connectivity index (χ3v) is 4.81. The zero-order valence-corrected chi connectivity index (χ0v) is 16.7. The van der Waals surface area contributed by atoms with Gasteiger partial charge in [-0.15, -0.1) is 5.10 Å². The summed E-state index contributed by atoms with van der Waals surface area (Å²) in [4.78, 5) is 24.9. The average molecular weight is 410 g/mol. The number of nitrogens with zero attached hydrogens (tertiary/aromatic N) is 3. The van der Waals surface area contributed by atoms with Crippen LogP contribution in [-0.4, -0.2) is 46.6 Å². The summed E-state index contributed by atoms with van der Waals surface area (Å²) in [7, 11) is 3.26. The van der Waals surface area contributed by atoms with Gasteiger partial charge in [0.15, 0.2) is 17.3 Å². The van der Waals surface area contributed by atoms with Crippen molar-refractivity contribution in [3.8, 4) is 28.6 Å². The van der Waals surface area contributed by atoms with Gasteiger partial charge in [-0.05, 0) is 36.4 Å². The van der Waals surface area contributed by atoms with E-state index in [0.29, 0.717) is 17.3 Å². The molecule has 1 aliphatic rings. The van der Waals surface area contributed by atoms with E-state index in [2.05, 4.69) is 10.4 Å². The number of methoxy groups -OCH3 is 1. The van der Waals surface area contributed by atoms with Gasteiger partial charge in [0.25, 0.3) is 5.91 Å². The molecular formula is C21H22N4O5. The summed E-state index contributed by atoms with van der Waals surface area (Å²) in [6, 6.07) is 14.5. The minimum absolute atomic E-state index is 0.133. The summed E-state index contributed by atoms with van der Waals surface area (Å²) in [6.45, 7) is 0.603. The van der Waals surface area contributed by atoms with Crippen molar-refractivity contribution in [3.05, 3.63) is 59.0 Å². The largest absolute Gasteiger partial charge is 0.497 e. The molecule has 0 aliphatic carbocycles. The van der Waals surface area contributed by atoms with E-state index >= 15 is 0 Å². The molecule has 1 N–H and O–H groups in total. The molecule has 0 bridgehead atoms. The summed E-state index contributed by atoms with van der Waals surface area (Å²) in [5.41, 5.74) is 0.533. The molecular weight excluding hydrogens is 388 g/mol. The predicted molar refractivity (Wildman–Crippen MR) is 109 cm³/mol. The third-order valence-electron chi connectivity index (χ3n) is 4.81. The van der Waals surface area contributed by atoms with E-state index in [4.69, 9.17) is 14.2 Å². The molecule has 1 aliphatic heterocycles. The number of aromatic nitrogens is 3. The Balaban J connectivity index is 1.37. The molecule has 4 rings (SSSR count). The van der Waals surface area contributed by atoms with E-state index in [9.17, 15) is 9.59 Å². The zero-order chi connectivity index (χ0) is 21.1. The lowest BCUT2D eigenvalue weighted by molar-refractivity contribution is -0.130. The second kappa shape index (κ2) is 8.32. The number of carbonyl (C=O) groups is 1. The minimum atomic E-state index is -0.741. The van der Waals surface area contributed by atoms with Crippen molar-refractivity contribution in [3.63, 3.8) is 0 Å². The van der Waals surface area contributed by atoms with Gasteiger partial charge in [0.1, 0.15) is 12.4 Å². The van der Waals surface area contributed by atoms with Crippen LogP contribution in [0.2, 0.25) is 0 Å². The molecule has 30 heavy (non-hydrogen) atoms. The number of nitrogens with one attached hydrogen (secondary N) is 1. The SMILES string of the molecule is COc1ccc(-c2nn(CCNC(=O)C3COc4ccccc4O3)c(=O)n2C)cc1. The Morgan fingerprint density at radius 1 is 1.20 bits per heavy atom. The van der Waals surface area contributed by atoms with Gasteiger partial charge in [0.2, 0.25) is 6.10 Å². The number of fused-ring (bicyclic) bond motifs is 1. The minimum Gasteiger partial charge on any atom is -0.497 e. The number of rotatable bonds is 6. The van der Waals surface area contributed by atoms with E-state index in [1.807, 2.05) is 36.4 Å². The highest BCUT2D eigenvalue weighted by Crippen LogP contribution is 2.30. The molecule has 9 nitrogen and oxygen atoms in total. The lowest BCUT2D eigenvalue weighted by Gasteiger charge is -2.25. The van der Waals surface area contributed by atoms with Gasteiger partial charge in [-0.25, -0.2) is 9.48 Å². The Labute approximate surface area is 172 Å². The van der Waals surface area contributed by atoms with Gasteiger partial charge in [-0.2, -0.15) is 0 Å². The normalized spacial score (nSPS) is 14.9. The van der Waals surface area contributed by atoms with E-state index in [-0.39, 0.29) is 31.3 Å². The van der Waals surface area contributed by atoms with E-state index in [1.54, 1.807) is 26.3 Å². The van der Waals surface area contributed by atoms with Gasteiger partial charge < -0.3 is 19.5 Å². The number of para-hydroxylation sites is 2. The van der Waals surface area contributed by atoms with Crippen molar-refractivity contribution in [1.82, 2.24) is 19.7 Å². The van der Waals surface area contributed by atoms with Gasteiger partial charge >= 0.3 is 5.69 Å². The highest BCUT2D eigenvalue weighted by Gasteiger charge is 2.27. The van der Waals surface area contributed by atoms with Crippen LogP contribution in [0.5, 0.6) is 17.2 Å². The molecule has 2 aromatic carbocycles. The van der Waals surface area contributed by atoms with Crippen molar-refractivity contribution in [2.75, 3.05) is 20.3 Å². The molecule has 0 radical (unpaired) electrons. The van der Waals surface area contributed by atoms with Crippen LogP contribution in [0.1, 0.15) is 0 Å².